The van der Waals surface area contributed by atoms with Crippen molar-refractivity contribution in [2.75, 3.05) is 12.4 Å². The number of likely N-dealkylation sites (N-methyl/N-ethyl adjacent to an activating group) is 1. The SMILES string of the molecule is Cc1cccnc1NC(=O)C(=O)N(C)Cc1ccccc1. The van der Waals surface area contributed by atoms with E-state index in [9.17, 15) is 9.59 Å². The van der Waals surface area contributed by atoms with E-state index in [1.165, 1.54) is 4.90 Å². The summed E-state index contributed by atoms with van der Waals surface area (Å²) >= 11 is 0. The van der Waals surface area contributed by atoms with Crippen LogP contribution >= 0.6 is 0 Å². The van der Waals surface area contributed by atoms with Crippen molar-refractivity contribution in [3.05, 3.63) is 59.8 Å². The van der Waals surface area contributed by atoms with Crippen molar-refractivity contribution >= 4 is 17.6 Å². The van der Waals surface area contributed by atoms with Gasteiger partial charge in [0.1, 0.15) is 5.82 Å². The number of pyridine rings is 1. The molecule has 0 bridgehead atoms. The van der Waals surface area contributed by atoms with Gasteiger partial charge in [0.05, 0.1) is 0 Å². The van der Waals surface area contributed by atoms with Crippen molar-refractivity contribution in [1.29, 1.82) is 0 Å². The fourth-order valence-electron chi connectivity index (χ4n) is 1.88. The molecule has 0 unspecified atom stereocenters. The zero-order chi connectivity index (χ0) is 15.2. The summed E-state index contributed by atoms with van der Waals surface area (Å²) in [6, 6.07) is 13.1. The highest BCUT2D eigenvalue weighted by atomic mass is 16.2. The number of carbonyl (C=O) groups excluding carboxylic acids is 2. The minimum absolute atomic E-state index is 0.383. The number of hydrogen-bond donors (Lipinski definition) is 1. The molecule has 0 aliphatic rings. The molecular weight excluding hydrogens is 266 g/mol. The predicted octanol–water partition coefficient (Wildman–Crippen LogP) is 1.99. The van der Waals surface area contributed by atoms with E-state index in [4.69, 9.17) is 0 Å². The smallest absolute Gasteiger partial charge is 0.315 e. The number of rotatable bonds is 3. The zero-order valence-corrected chi connectivity index (χ0v) is 12.0. The van der Waals surface area contributed by atoms with Crippen LogP contribution in [0.3, 0.4) is 0 Å². The van der Waals surface area contributed by atoms with Crippen LogP contribution in [0.5, 0.6) is 0 Å². The highest BCUT2D eigenvalue weighted by Crippen LogP contribution is 2.09. The summed E-state index contributed by atoms with van der Waals surface area (Å²) in [7, 11) is 1.60. The van der Waals surface area contributed by atoms with Crippen molar-refractivity contribution in [3.63, 3.8) is 0 Å². The van der Waals surface area contributed by atoms with Gasteiger partial charge in [0, 0.05) is 19.8 Å². The number of benzene rings is 1. The molecule has 5 heteroatoms. The molecule has 21 heavy (non-hydrogen) atoms. The molecule has 0 spiro atoms. The van der Waals surface area contributed by atoms with Crippen LogP contribution in [-0.2, 0) is 16.1 Å². The third-order valence-electron chi connectivity index (χ3n) is 3.04. The molecule has 0 fully saturated rings. The number of amides is 2. The van der Waals surface area contributed by atoms with Gasteiger partial charge < -0.3 is 10.2 Å². The molecule has 0 saturated heterocycles. The van der Waals surface area contributed by atoms with Gasteiger partial charge >= 0.3 is 11.8 Å². The monoisotopic (exact) mass is 283 g/mol. The Morgan fingerprint density at radius 3 is 2.52 bits per heavy atom. The number of carbonyl (C=O) groups is 2. The van der Waals surface area contributed by atoms with Crippen LogP contribution in [-0.4, -0.2) is 28.7 Å². The number of anilines is 1. The van der Waals surface area contributed by atoms with Gasteiger partial charge in [0.25, 0.3) is 0 Å². The second kappa shape index (κ2) is 6.65. The molecular formula is C16H17N3O2. The molecule has 1 aromatic heterocycles. The summed E-state index contributed by atoms with van der Waals surface area (Å²) < 4.78 is 0. The lowest BCUT2D eigenvalue weighted by Crippen LogP contribution is -2.36. The molecule has 0 atom stereocenters. The molecule has 1 aromatic carbocycles. The maximum Gasteiger partial charge on any atom is 0.315 e. The van der Waals surface area contributed by atoms with Crippen LogP contribution in [0.4, 0.5) is 5.82 Å². The average Bonchev–Trinajstić information content (AvgIpc) is 2.49. The number of nitrogens with zero attached hydrogens (tertiary/aromatic N) is 2. The average molecular weight is 283 g/mol. The van der Waals surface area contributed by atoms with E-state index in [2.05, 4.69) is 10.3 Å². The Hall–Kier alpha value is -2.69. The lowest BCUT2D eigenvalue weighted by Gasteiger charge is -2.16. The molecule has 1 heterocycles. The molecule has 0 saturated carbocycles. The van der Waals surface area contributed by atoms with Gasteiger partial charge in [0.2, 0.25) is 0 Å². The standard InChI is InChI=1S/C16H17N3O2/c1-12-7-6-10-17-14(12)18-15(20)16(21)19(2)11-13-8-4-3-5-9-13/h3-10H,11H2,1-2H3,(H,17,18,20). The first kappa shape index (κ1) is 14.7. The summed E-state index contributed by atoms with van der Waals surface area (Å²) in [4.78, 5) is 29.4. The van der Waals surface area contributed by atoms with Gasteiger partial charge in [-0.1, -0.05) is 36.4 Å². The molecule has 2 aromatic rings. The van der Waals surface area contributed by atoms with E-state index in [1.807, 2.05) is 43.3 Å². The van der Waals surface area contributed by atoms with Crippen LogP contribution in [0.25, 0.3) is 0 Å². The molecule has 1 N–H and O–H groups in total. The molecule has 0 aliphatic carbocycles. The van der Waals surface area contributed by atoms with E-state index in [0.717, 1.165) is 11.1 Å². The Balaban J connectivity index is 1.99. The Kier molecular flexibility index (Phi) is 4.66. The van der Waals surface area contributed by atoms with Crippen molar-refractivity contribution < 1.29 is 9.59 Å². The van der Waals surface area contributed by atoms with E-state index >= 15 is 0 Å². The van der Waals surface area contributed by atoms with Gasteiger partial charge in [-0.15, -0.1) is 0 Å². The molecule has 108 valence electrons. The molecule has 0 aliphatic heterocycles. The summed E-state index contributed by atoms with van der Waals surface area (Å²) in [6.45, 7) is 2.20. The lowest BCUT2D eigenvalue weighted by atomic mass is 10.2. The van der Waals surface area contributed by atoms with Crippen LogP contribution in [0, 0.1) is 6.92 Å². The van der Waals surface area contributed by atoms with Crippen molar-refractivity contribution in [1.82, 2.24) is 9.88 Å². The van der Waals surface area contributed by atoms with E-state index in [0.29, 0.717) is 12.4 Å². The topological polar surface area (TPSA) is 62.3 Å². The second-order valence-corrected chi connectivity index (χ2v) is 4.77. The second-order valence-electron chi connectivity index (χ2n) is 4.77. The van der Waals surface area contributed by atoms with Crippen LogP contribution in [0.1, 0.15) is 11.1 Å². The maximum absolute atomic E-state index is 12.0. The van der Waals surface area contributed by atoms with Gasteiger partial charge in [-0.2, -0.15) is 0 Å². The van der Waals surface area contributed by atoms with Gasteiger partial charge in [0.15, 0.2) is 0 Å². The molecule has 0 radical (unpaired) electrons. The minimum atomic E-state index is -0.685. The summed E-state index contributed by atoms with van der Waals surface area (Å²) in [5.41, 5.74) is 1.78. The maximum atomic E-state index is 12.0. The van der Waals surface area contributed by atoms with Crippen molar-refractivity contribution in [2.24, 2.45) is 0 Å². The molecule has 2 amide bonds. The molecule has 5 nitrogen and oxygen atoms in total. The third kappa shape index (κ3) is 3.89. The Bertz CT molecular complexity index is 641. The van der Waals surface area contributed by atoms with Crippen LogP contribution < -0.4 is 5.32 Å². The number of hydrogen-bond acceptors (Lipinski definition) is 3. The Labute approximate surface area is 123 Å². The fraction of sp³-hybridized carbons (Fsp3) is 0.188. The van der Waals surface area contributed by atoms with E-state index in [1.54, 1.807) is 19.3 Å². The van der Waals surface area contributed by atoms with E-state index in [-0.39, 0.29) is 0 Å². The Morgan fingerprint density at radius 2 is 1.86 bits per heavy atom. The highest BCUT2D eigenvalue weighted by Gasteiger charge is 2.19. The minimum Gasteiger partial charge on any atom is -0.333 e. The number of aromatic nitrogens is 1. The Morgan fingerprint density at radius 1 is 1.14 bits per heavy atom. The first-order valence-electron chi connectivity index (χ1n) is 6.60. The van der Waals surface area contributed by atoms with Crippen molar-refractivity contribution in [3.8, 4) is 0 Å². The van der Waals surface area contributed by atoms with Gasteiger partial charge in [-0.25, -0.2) is 4.98 Å². The van der Waals surface area contributed by atoms with Gasteiger partial charge in [-0.05, 0) is 24.1 Å². The predicted molar refractivity (Wildman–Crippen MR) is 80.5 cm³/mol. The number of aryl methyl sites for hydroxylation is 1. The van der Waals surface area contributed by atoms with Crippen LogP contribution in [0.2, 0.25) is 0 Å². The highest BCUT2D eigenvalue weighted by molar-refractivity contribution is 6.39. The first-order chi connectivity index (χ1) is 10.1. The van der Waals surface area contributed by atoms with Crippen LogP contribution in [0.15, 0.2) is 48.7 Å². The zero-order valence-electron chi connectivity index (χ0n) is 12.0. The number of nitrogens with one attached hydrogen (secondary N) is 1. The lowest BCUT2D eigenvalue weighted by molar-refractivity contribution is -0.142. The normalized spacial score (nSPS) is 10.0. The quantitative estimate of drug-likeness (QED) is 0.876. The first-order valence-corrected chi connectivity index (χ1v) is 6.60. The summed E-state index contributed by atoms with van der Waals surface area (Å²) in [6.07, 6.45) is 1.57. The van der Waals surface area contributed by atoms with Crippen molar-refractivity contribution in [2.45, 2.75) is 13.5 Å². The summed E-state index contributed by atoms with van der Waals surface area (Å²) in [5.74, 6) is -0.872. The fourth-order valence-corrected chi connectivity index (χ4v) is 1.88. The van der Waals surface area contributed by atoms with Gasteiger partial charge in [-0.3, -0.25) is 9.59 Å². The molecule has 2 rings (SSSR count). The third-order valence-corrected chi connectivity index (χ3v) is 3.04. The largest absolute Gasteiger partial charge is 0.333 e. The van der Waals surface area contributed by atoms with E-state index < -0.39 is 11.8 Å². The summed E-state index contributed by atoms with van der Waals surface area (Å²) in [5, 5.41) is 2.54.